The lowest BCUT2D eigenvalue weighted by atomic mass is 9.89. The second-order valence-corrected chi connectivity index (χ2v) is 7.44. The number of ether oxygens (including phenoxy) is 3. The Morgan fingerprint density at radius 1 is 1.07 bits per heavy atom. The van der Waals surface area contributed by atoms with Gasteiger partial charge in [0.05, 0.1) is 20.3 Å². The van der Waals surface area contributed by atoms with Crippen molar-refractivity contribution in [1.82, 2.24) is 4.90 Å². The lowest BCUT2D eigenvalue weighted by Crippen LogP contribution is -2.44. The highest BCUT2D eigenvalue weighted by molar-refractivity contribution is 6.63. The second-order valence-electron chi connectivity index (χ2n) is 7.44. The van der Waals surface area contributed by atoms with E-state index in [1.54, 1.807) is 7.11 Å². The van der Waals surface area contributed by atoms with Crippen LogP contribution in [0.4, 0.5) is 0 Å². The number of rotatable bonds is 6. The Kier molecular flexibility index (Phi) is 6.95. The molecule has 0 bridgehead atoms. The van der Waals surface area contributed by atoms with Crippen molar-refractivity contribution in [2.75, 3.05) is 27.3 Å². The van der Waals surface area contributed by atoms with E-state index in [0.29, 0.717) is 13.1 Å². The minimum Gasteiger partial charge on any atom is -0.493 e. The first-order chi connectivity index (χ1) is 14.1. The predicted octanol–water partition coefficient (Wildman–Crippen LogP) is 2.73. The Bertz CT molecular complexity index is 764. The molecule has 0 spiro atoms. The number of oxime groups is 1. The molecule has 8 heteroatoms. The van der Waals surface area contributed by atoms with Crippen LogP contribution in [0.15, 0.2) is 23.4 Å². The van der Waals surface area contributed by atoms with Gasteiger partial charge in [-0.1, -0.05) is 11.2 Å². The van der Waals surface area contributed by atoms with E-state index in [2.05, 4.69) is 9.89 Å². The zero-order valence-electron chi connectivity index (χ0n) is 16.9. The lowest BCUT2D eigenvalue weighted by molar-refractivity contribution is -0.135. The summed E-state index contributed by atoms with van der Waals surface area (Å²) in [6, 6.07) is 6.02. The standard InChI is InChI=1S/C21H28N2O6/c1-27-17-8-7-15(13-18(17)29-16-5-3-4-6-16)14-9-11-23(12-10-14)20(24)19(22-26)21(25)28-2/h7-8,13-14,16,26H,3-6,9-12H2,1-2H3. The zero-order chi connectivity index (χ0) is 20.8. The van der Waals surface area contributed by atoms with Gasteiger partial charge in [0.1, 0.15) is 0 Å². The molecule has 0 atom stereocenters. The molecule has 0 radical (unpaired) electrons. The lowest BCUT2D eigenvalue weighted by Gasteiger charge is -2.32. The fourth-order valence-electron chi connectivity index (χ4n) is 4.06. The van der Waals surface area contributed by atoms with Crippen molar-refractivity contribution in [2.24, 2.45) is 5.16 Å². The van der Waals surface area contributed by atoms with Crippen LogP contribution in [0.1, 0.15) is 50.0 Å². The van der Waals surface area contributed by atoms with Crippen molar-refractivity contribution < 1.29 is 29.0 Å². The van der Waals surface area contributed by atoms with Gasteiger partial charge in [-0.15, -0.1) is 0 Å². The number of hydrogen-bond donors (Lipinski definition) is 1. The average molecular weight is 404 g/mol. The first kappa shape index (κ1) is 21.0. The zero-order valence-corrected chi connectivity index (χ0v) is 16.9. The highest BCUT2D eigenvalue weighted by atomic mass is 16.5. The quantitative estimate of drug-likeness (QED) is 0.257. The SMILES string of the molecule is COC(=O)C(=NO)C(=O)N1CCC(c2ccc(OC)c(OC3CCCC3)c2)CC1. The third kappa shape index (κ3) is 4.81. The summed E-state index contributed by atoms with van der Waals surface area (Å²) >= 11 is 0. The maximum absolute atomic E-state index is 12.4. The molecule has 8 nitrogen and oxygen atoms in total. The molecule has 1 saturated carbocycles. The highest BCUT2D eigenvalue weighted by Crippen LogP contribution is 2.37. The molecule has 0 aromatic heterocycles. The molecule has 29 heavy (non-hydrogen) atoms. The molecular weight excluding hydrogens is 376 g/mol. The van der Waals surface area contributed by atoms with Crippen molar-refractivity contribution in [1.29, 1.82) is 0 Å². The fraction of sp³-hybridized carbons (Fsp3) is 0.571. The molecule has 1 aliphatic heterocycles. The topological polar surface area (TPSA) is 97.7 Å². The third-order valence-electron chi connectivity index (χ3n) is 5.72. The molecule has 2 aliphatic rings. The Labute approximate surface area is 170 Å². The normalized spacial score (nSPS) is 18.6. The Hall–Kier alpha value is -2.77. The molecular formula is C21H28N2O6. The molecule has 3 rings (SSSR count). The van der Waals surface area contributed by atoms with Crippen LogP contribution in [0, 0.1) is 0 Å². The molecule has 1 saturated heterocycles. The van der Waals surface area contributed by atoms with E-state index in [9.17, 15) is 9.59 Å². The Balaban J connectivity index is 1.65. The van der Waals surface area contributed by atoms with E-state index in [1.807, 2.05) is 18.2 Å². The van der Waals surface area contributed by atoms with Crippen LogP contribution in [0.25, 0.3) is 0 Å². The summed E-state index contributed by atoms with van der Waals surface area (Å²) in [5.41, 5.74) is 0.553. The van der Waals surface area contributed by atoms with E-state index in [0.717, 1.165) is 49.9 Å². The van der Waals surface area contributed by atoms with Gasteiger partial charge in [0.15, 0.2) is 11.5 Å². The Morgan fingerprint density at radius 3 is 2.34 bits per heavy atom. The largest absolute Gasteiger partial charge is 0.493 e. The average Bonchev–Trinajstić information content (AvgIpc) is 3.27. The van der Waals surface area contributed by atoms with Gasteiger partial charge < -0.3 is 24.3 Å². The fourth-order valence-corrected chi connectivity index (χ4v) is 4.06. The van der Waals surface area contributed by atoms with Crippen LogP contribution < -0.4 is 9.47 Å². The van der Waals surface area contributed by atoms with Gasteiger partial charge in [0.25, 0.3) is 11.6 Å². The minimum atomic E-state index is -0.941. The summed E-state index contributed by atoms with van der Waals surface area (Å²) in [5.74, 6) is 0.218. The first-order valence-electron chi connectivity index (χ1n) is 10.0. The summed E-state index contributed by atoms with van der Waals surface area (Å²) in [5, 5.41) is 11.8. The number of esters is 1. The maximum Gasteiger partial charge on any atom is 0.365 e. The monoisotopic (exact) mass is 404 g/mol. The predicted molar refractivity (Wildman–Crippen MR) is 106 cm³/mol. The van der Waals surface area contributed by atoms with Crippen molar-refractivity contribution in [3.05, 3.63) is 23.8 Å². The van der Waals surface area contributed by atoms with Crippen LogP contribution in [-0.4, -0.2) is 61.1 Å². The van der Waals surface area contributed by atoms with Gasteiger partial charge in [-0.25, -0.2) is 4.79 Å². The molecule has 158 valence electrons. The molecule has 1 aromatic rings. The molecule has 1 heterocycles. The van der Waals surface area contributed by atoms with Gasteiger partial charge in [-0.3, -0.25) is 4.79 Å². The van der Waals surface area contributed by atoms with Crippen molar-refractivity contribution >= 4 is 17.6 Å². The molecule has 1 aromatic carbocycles. The number of piperidine rings is 1. The van der Waals surface area contributed by atoms with Gasteiger partial charge in [-0.05, 0) is 62.1 Å². The highest BCUT2D eigenvalue weighted by Gasteiger charge is 2.31. The summed E-state index contributed by atoms with van der Waals surface area (Å²) < 4.78 is 16.1. The van der Waals surface area contributed by atoms with Crippen molar-refractivity contribution in [3.8, 4) is 11.5 Å². The molecule has 2 fully saturated rings. The van der Waals surface area contributed by atoms with Crippen LogP contribution in [0.2, 0.25) is 0 Å². The number of amides is 1. The van der Waals surface area contributed by atoms with Gasteiger partial charge in [0, 0.05) is 13.1 Å². The third-order valence-corrected chi connectivity index (χ3v) is 5.72. The van der Waals surface area contributed by atoms with E-state index in [-0.39, 0.29) is 12.0 Å². The summed E-state index contributed by atoms with van der Waals surface area (Å²) in [4.78, 5) is 25.5. The summed E-state index contributed by atoms with van der Waals surface area (Å²) in [6.45, 7) is 0.925. The van der Waals surface area contributed by atoms with E-state index < -0.39 is 17.6 Å². The van der Waals surface area contributed by atoms with Gasteiger partial charge in [-0.2, -0.15) is 0 Å². The second kappa shape index (κ2) is 9.62. The summed E-state index contributed by atoms with van der Waals surface area (Å²) in [6.07, 6.45) is 6.26. The number of benzene rings is 1. The number of hydrogen-bond acceptors (Lipinski definition) is 7. The smallest absolute Gasteiger partial charge is 0.365 e. The number of carbonyl (C=O) groups excluding carboxylic acids is 2. The number of methoxy groups -OCH3 is 2. The maximum atomic E-state index is 12.4. The first-order valence-corrected chi connectivity index (χ1v) is 10.0. The van der Waals surface area contributed by atoms with E-state index >= 15 is 0 Å². The van der Waals surface area contributed by atoms with E-state index in [4.69, 9.17) is 14.7 Å². The minimum absolute atomic E-state index is 0.244. The van der Waals surface area contributed by atoms with Crippen molar-refractivity contribution in [3.63, 3.8) is 0 Å². The number of nitrogens with zero attached hydrogens (tertiary/aromatic N) is 2. The van der Waals surface area contributed by atoms with Gasteiger partial charge >= 0.3 is 5.97 Å². The van der Waals surface area contributed by atoms with Crippen LogP contribution in [0.3, 0.4) is 0 Å². The van der Waals surface area contributed by atoms with Crippen LogP contribution >= 0.6 is 0 Å². The van der Waals surface area contributed by atoms with Gasteiger partial charge in [0.2, 0.25) is 0 Å². The summed E-state index contributed by atoms with van der Waals surface area (Å²) in [7, 11) is 2.78. The van der Waals surface area contributed by atoms with E-state index in [1.165, 1.54) is 17.7 Å². The van der Waals surface area contributed by atoms with Crippen LogP contribution in [0.5, 0.6) is 11.5 Å². The number of likely N-dealkylation sites (tertiary alicyclic amines) is 1. The Morgan fingerprint density at radius 2 is 1.76 bits per heavy atom. The molecule has 1 amide bonds. The van der Waals surface area contributed by atoms with Crippen LogP contribution in [-0.2, 0) is 14.3 Å². The molecule has 1 N–H and O–H groups in total. The molecule has 0 unspecified atom stereocenters. The number of carbonyl (C=O) groups is 2. The molecule has 1 aliphatic carbocycles. The van der Waals surface area contributed by atoms with Crippen molar-refractivity contribution in [2.45, 2.75) is 50.5 Å².